The molecule has 0 amide bonds. The van der Waals surface area contributed by atoms with Gasteiger partial charge in [-0.15, -0.1) is 0 Å². The molecule has 0 saturated heterocycles. The molecule has 3 rings (SSSR count). The Balaban J connectivity index is 2.14. The zero-order valence-electron chi connectivity index (χ0n) is 10.7. The normalized spacial score (nSPS) is 10.8. The SMILES string of the molecule is Nc1cc(F)c(Nc2ccc(F)c(F)c2)c2ncccc12. The Hall–Kier alpha value is -2.76. The van der Waals surface area contributed by atoms with Gasteiger partial charge in [-0.25, -0.2) is 13.2 Å². The number of pyridine rings is 1. The summed E-state index contributed by atoms with van der Waals surface area (Å²) < 4.78 is 40.2. The van der Waals surface area contributed by atoms with Crippen LogP contribution in [0.4, 0.5) is 30.2 Å². The highest BCUT2D eigenvalue weighted by Gasteiger charge is 2.13. The highest BCUT2D eigenvalue weighted by Crippen LogP contribution is 2.32. The molecule has 6 heteroatoms. The zero-order valence-corrected chi connectivity index (χ0v) is 10.7. The Bertz CT molecular complexity index is 834. The fraction of sp³-hybridized carbons (Fsp3) is 0. The van der Waals surface area contributed by atoms with Crippen molar-refractivity contribution in [1.29, 1.82) is 0 Å². The highest BCUT2D eigenvalue weighted by atomic mass is 19.2. The van der Waals surface area contributed by atoms with E-state index in [-0.39, 0.29) is 17.1 Å². The maximum atomic E-state index is 14.1. The predicted molar refractivity (Wildman–Crippen MR) is 75.8 cm³/mol. The highest BCUT2D eigenvalue weighted by molar-refractivity contribution is 5.99. The van der Waals surface area contributed by atoms with Crippen molar-refractivity contribution >= 4 is 28.0 Å². The number of aromatic nitrogens is 1. The lowest BCUT2D eigenvalue weighted by molar-refractivity contribution is 0.509. The molecule has 3 nitrogen and oxygen atoms in total. The summed E-state index contributed by atoms with van der Waals surface area (Å²) in [4.78, 5) is 4.09. The van der Waals surface area contributed by atoms with E-state index in [2.05, 4.69) is 10.3 Å². The lowest BCUT2D eigenvalue weighted by Crippen LogP contribution is -2.00. The van der Waals surface area contributed by atoms with Gasteiger partial charge in [0.05, 0.1) is 5.52 Å². The second-order valence-corrected chi connectivity index (χ2v) is 4.48. The molecule has 0 aliphatic heterocycles. The maximum absolute atomic E-state index is 14.1. The first-order chi connectivity index (χ1) is 10.1. The number of nitrogen functional groups attached to an aromatic ring is 1. The molecule has 0 unspecified atom stereocenters. The van der Waals surface area contributed by atoms with E-state index in [1.165, 1.54) is 12.3 Å². The number of hydrogen-bond donors (Lipinski definition) is 2. The Morgan fingerprint density at radius 1 is 0.952 bits per heavy atom. The summed E-state index contributed by atoms with van der Waals surface area (Å²) in [6.07, 6.45) is 1.50. The van der Waals surface area contributed by atoms with Crippen molar-refractivity contribution in [1.82, 2.24) is 4.98 Å². The first-order valence-corrected chi connectivity index (χ1v) is 6.11. The summed E-state index contributed by atoms with van der Waals surface area (Å²) in [7, 11) is 0. The molecular formula is C15H10F3N3. The number of hydrogen-bond acceptors (Lipinski definition) is 3. The molecule has 0 spiro atoms. The minimum atomic E-state index is -1.02. The molecule has 0 bridgehead atoms. The Kier molecular flexibility index (Phi) is 3.13. The van der Waals surface area contributed by atoms with Crippen molar-refractivity contribution in [3.05, 3.63) is 60.0 Å². The Labute approximate surface area is 118 Å². The number of rotatable bonds is 2. The van der Waals surface area contributed by atoms with Crippen LogP contribution in [-0.2, 0) is 0 Å². The summed E-state index contributed by atoms with van der Waals surface area (Å²) in [6.45, 7) is 0. The van der Waals surface area contributed by atoms with Crippen molar-refractivity contribution in [2.45, 2.75) is 0 Å². The fourth-order valence-corrected chi connectivity index (χ4v) is 2.07. The largest absolute Gasteiger partial charge is 0.398 e. The van der Waals surface area contributed by atoms with Gasteiger partial charge in [0.25, 0.3) is 0 Å². The average Bonchev–Trinajstić information content (AvgIpc) is 2.47. The summed E-state index contributed by atoms with van der Waals surface area (Å²) in [6, 6.07) is 7.75. The lowest BCUT2D eigenvalue weighted by atomic mass is 10.1. The first kappa shape index (κ1) is 13.2. The Morgan fingerprint density at radius 3 is 2.52 bits per heavy atom. The third-order valence-electron chi connectivity index (χ3n) is 3.07. The van der Waals surface area contributed by atoms with E-state index in [0.717, 1.165) is 18.2 Å². The number of fused-ring (bicyclic) bond motifs is 1. The van der Waals surface area contributed by atoms with Crippen LogP contribution in [0.3, 0.4) is 0 Å². The quantitative estimate of drug-likeness (QED) is 0.702. The van der Waals surface area contributed by atoms with Crippen LogP contribution in [0.5, 0.6) is 0 Å². The molecule has 106 valence electrons. The summed E-state index contributed by atoms with van der Waals surface area (Å²) in [5, 5.41) is 3.28. The van der Waals surface area contributed by atoms with E-state index in [0.29, 0.717) is 10.9 Å². The average molecular weight is 289 g/mol. The van der Waals surface area contributed by atoms with Crippen LogP contribution < -0.4 is 11.1 Å². The van der Waals surface area contributed by atoms with Gasteiger partial charge in [0.2, 0.25) is 0 Å². The van der Waals surface area contributed by atoms with Gasteiger partial charge in [0, 0.05) is 29.0 Å². The van der Waals surface area contributed by atoms with E-state index in [9.17, 15) is 13.2 Å². The third-order valence-corrected chi connectivity index (χ3v) is 3.07. The fourth-order valence-electron chi connectivity index (χ4n) is 2.07. The van der Waals surface area contributed by atoms with Gasteiger partial charge in [0.15, 0.2) is 17.5 Å². The molecule has 0 atom stereocenters. The van der Waals surface area contributed by atoms with Crippen LogP contribution in [0.15, 0.2) is 42.6 Å². The summed E-state index contributed by atoms with van der Waals surface area (Å²) >= 11 is 0. The minimum absolute atomic E-state index is 0.0609. The van der Waals surface area contributed by atoms with Crippen molar-refractivity contribution in [2.24, 2.45) is 0 Å². The van der Waals surface area contributed by atoms with Gasteiger partial charge in [-0.2, -0.15) is 0 Å². The van der Waals surface area contributed by atoms with Crippen LogP contribution in [0.25, 0.3) is 10.9 Å². The minimum Gasteiger partial charge on any atom is -0.398 e. The van der Waals surface area contributed by atoms with Crippen LogP contribution in [-0.4, -0.2) is 4.98 Å². The summed E-state index contributed by atoms with van der Waals surface area (Å²) in [5.74, 6) is -2.61. The molecule has 3 N–H and O–H groups in total. The van der Waals surface area contributed by atoms with E-state index >= 15 is 0 Å². The molecule has 21 heavy (non-hydrogen) atoms. The third kappa shape index (κ3) is 2.35. The van der Waals surface area contributed by atoms with Crippen LogP contribution >= 0.6 is 0 Å². The van der Waals surface area contributed by atoms with E-state index in [1.807, 2.05) is 0 Å². The van der Waals surface area contributed by atoms with Gasteiger partial charge < -0.3 is 11.1 Å². The second-order valence-electron chi connectivity index (χ2n) is 4.48. The van der Waals surface area contributed by atoms with Gasteiger partial charge in [-0.3, -0.25) is 4.98 Å². The van der Waals surface area contributed by atoms with Crippen LogP contribution in [0.2, 0.25) is 0 Å². The zero-order chi connectivity index (χ0) is 15.0. The van der Waals surface area contributed by atoms with Gasteiger partial charge in [-0.05, 0) is 30.3 Å². The number of nitrogens with one attached hydrogen (secondary N) is 1. The summed E-state index contributed by atoms with van der Waals surface area (Å²) in [5.41, 5.74) is 6.59. The first-order valence-electron chi connectivity index (χ1n) is 6.11. The molecule has 3 aromatic rings. The monoisotopic (exact) mass is 289 g/mol. The lowest BCUT2D eigenvalue weighted by Gasteiger charge is -2.12. The van der Waals surface area contributed by atoms with E-state index < -0.39 is 17.5 Å². The van der Waals surface area contributed by atoms with Crippen molar-refractivity contribution < 1.29 is 13.2 Å². The molecule has 0 aliphatic rings. The van der Waals surface area contributed by atoms with E-state index in [4.69, 9.17) is 5.73 Å². The molecule has 0 radical (unpaired) electrons. The standard InChI is InChI=1S/C15H10F3N3/c16-10-4-3-8(6-11(10)17)21-15-12(18)7-13(19)9-2-1-5-20-14(9)15/h1-7,21H,19H2. The molecular weight excluding hydrogens is 279 g/mol. The van der Waals surface area contributed by atoms with Gasteiger partial charge in [0.1, 0.15) is 5.69 Å². The van der Waals surface area contributed by atoms with E-state index in [1.54, 1.807) is 12.1 Å². The van der Waals surface area contributed by atoms with Gasteiger partial charge in [-0.1, -0.05) is 0 Å². The molecule has 0 aliphatic carbocycles. The van der Waals surface area contributed by atoms with Crippen molar-refractivity contribution in [3.8, 4) is 0 Å². The number of halogens is 3. The van der Waals surface area contributed by atoms with Crippen LogP contribution in [0, 0.1) is 17.5 Å². The molecule has 0 saturated carbocycles. The predicted octanol–water partition coefficient (Wildman–Crippen LogP) is 3.98. The molecule has 1 aromatic heterocycles. The number of nitrogens with zero attached hydrogens (tertiary/aromatic N) is 1. The molecule has 1 heterocycles. The van der Waals surface area contributed by atoms with Gasteiger partial charge >= 0.3 is 0 Å². The smallest absolute Gasteiger partial charge is 0.160 e. The van der Waals surface area contributed by atoms with Crippen molar-refractivity contribution in [3.63, 3.8) is 0 Å². The number of benzene rings is 2. The number of nitrogens with two attached hydrogens (primary N) is 1. The topological polar surface area (TPSA) is 50.9 Å². The molecule has 2 aromatic carbocycles. The van der Waals surface area contributed by atoms with Crippen LogP contribution in [0.1, 0.15) is 0 Å². The Morgan fingerprint density at radius 2 is 1.76 bits per heavy atom. The second kappa shape index (κ2) is 4.97. The molecule has 0 fully saturated rings. The number of anilines is 3. The van der Waals surface area contributed by atoms with Crippen molar-refractivity contribution in [2.75, 3.05) is 11.1 Å². The maximum Gasteiger partial charge on any atom is 0.160 e.